The normalized spacial score (nSPS) is 15.4. The third kappa shape index (κ3) is 6.35. The second kappa shape index (κ2) is 12.5. The number of benzene rings is 2. The molecule has 0 radical (unpaired) electrons. The fourth-order valence-corrected chi connectivity index (χ4v) is 4.63. The Hall–Kier alpha value is -4.57. The molecule has 4 aromatic rings. The van der Waals surface area contributed by atoms with Crippen LogP contribution in [0.2, 0.25) is 0 Å². The summed E-state index contributed by atoms with van der Waals surface area (Å²) >= 11 is 0. The Bertz CT molecular complexity index is 1510. The van der Waals surface area contributed by atoms with Crippen LogP contribution in [0.3, 0.4) is 0 Å². The molecule has 1 unspecified atom stereocenters. The topological polar surface area (TPSA) is 102 Å². The molecule has 2 aromatic carbocycles. The van der Waals surface area contributed by atoms with Gasteiger partial charge in [-0.3, -0.25) is 14.7 Å². The van der Waals surface area contributed by atoms with E-state index in [9.17, 15) is 9.18 Å². The number of carbonyl (C=O) groups is 1. The van der Waals surface area contributed by atoms with Crippen LogP contribution >= 0.6 is 0 Å². The van der Waals surface area contributed by atoms with Crippen molar-refractivity contribution in [2.24, 2.45) is 0 Å². The summed E-state index contributed by atoms with van der Waals surface area (Å²) in [5, 5.41) is 6.66. The van der Waals surface area contributed by atoms with Gasteiger partial charge in [0.15, 0.2) is 17.3 Å². The van der Waals surface area contributed by atoms with Gasteiger partial charge in [0.2, 0.25) is 5.91 Å². The molecule has 40 heavy (non-hydrogen) atoms. The van der Waals surface area contributed by atoms with Gasteiger partial charge in [-0.05, 0) is 69.8 Å². The Morgan fingerprint density at radius 1 is 1.15 bits per heavy atom. The van der Waals surface area contributed by atoms with E-state index in [2.05, 4.69) is 37.5 Å². The van der Waals surface area contributed by atoms with Crippen molar-refractivity contribution in [3.8, 4) is 11.5 Å². The van der Waals surface area contributed by atoms with Gasteiger partial charge in [-0.2, -0.15) is 0 Å². The number of hydrogen-bond acceptors (Lipinski definition) is 8. The standard InChI is InChI=1S/C30H31FN6O3/c1-3-39-29-25(36-27(38)14-10-22-8-6-16-37(22)2)12-11-24-28(29)30(34-19-33-24)35-20-9-13-26(23(31)17-20)40-18-21-7-4-5-15-32-21/h4-5,7,9-15,17,19,22H,3,6,8,16,18H2,1-2H3,(H,36,38)(H,33,34,35)/b14-10+. The maximum atomic E-state index is 14.9. The van der Waals surface area contributed by atoms with E-state index in [4.69, 9.17) is 9.47 Å². The van der Waals surface area contributed by atoms with Crippen LogP contribution < -0.4 is 20.1 Å². The van der Waals surface area contributed by atoms with Gasteiger partial charge in [0.1, 0.15) is 18.8 Å². The maximum absolute atomic E-state index is 14.9. The Kier molecular flexibility index (Phi) is 8.46. The van der Waals surface area contributed by atoms with Crippen LogP contribution in [0.1, 0.15) is 25.5 Å². The van der Waals surface area contributed by atoms with E-state index in [1.54, 1.807) is 36.5 Å². The number of rotatable bonds is 10. The molecule has 10 heteroatoms. The van der Waals surface area contributed by atoms with Gasteiger partial charge in [0.05, 0.1) is 28.9 Å². The first-order valence-electron chi connectivity index (χ1n) is 13.2. The summed E-state index contributed by atoms with van der Waals surface area (Å²) in [6, 6.07) is 13.8. The van der Waals surface area contributed by atoms with Crippen LogP contribution in [0.25, 0.3) is 10.9 Å². The Morgan fingerprint density at radius 2 is 2.05 bits per heavy atom. The molecule has 0 saturated carbocycles. The largest absolute Gasteiger partial charge is 0.491 e. The third-order valence-corrected chi connectivity index (χ3v) is 6.65. The van der Waals surface area contributed by atoms with E-state index in [0.29, 0.717) is 46.1 Å². The monoisotopic (exact) mass is 542 g/mol. The first kappa shape index (κ1) is 27.0. The van der Waals surface area contributed by atoms with Gasteiger partial charge >= 0.3 is 0 Å². The number of fused-ring (bicyclic) bond motifs is 1. The van der Waals surface area contributed by atoms with Crippen molar-refractivity contribution in [1.82, 2.24) is 19.9 Å². The first-order valence-corrected chi connectivity index (χ1v) is 13.2. The van der Waals surface area contributed by atoms with Crippen LogP contribution in [0.15, 0.2) is 73.2 Å². The number of ether oxygens (including phenoxy) is 2. The summed E-state index contributed by atoms with van der Waals surface area (Å²) in [4.78, 5) is 28.0. The van der Waals surface area contributed by atoms with Crippen molar-refractivity contribution < 1.29 is 18.7 Å². The summed E-state index contributed by atoms with van der Waals surface area (Å²) in [7, 11) is 2.06. The van der Waals surface area contributed by atoms with Crippen molar-refractivity contribution >= 4 is 34.0 Å². The zero-order chi connectivity index (χ0) is 27.9. The zero-order valence-electron chi connectivity index (χ0n) is 22.4. The van der Waals surface area contributed by atoms with Gasteiger partial charge in [-0.1, -0.05) is 12.1 Å². The highest BCUT2D eigenvalue weighted by Crippen LogP contribution is 2.38. The van der Waals surface area contributed by atoms with Crippen LogP contribution in [0, 0.1) is 5.82 Å². The molecule has 3 heterocycles. The molecule has 1 atom stereocenters. The van der Waals surface area contributed by atoms with Gasteiger partial charge in [-0.25, -0.2) is 14.4 Å². The predicted octanol–water partition coefficient (Wildman–Crippen LogP) is 5.47. The summed E-state index contributed by atoms with van der Waals surface area (Å²) in [6.07, 6.45) is 8.72. The second-order valence-electron chi connectivity index (χ2n) is 9.41. The molecule has 1 aliphatic heterocycles. The quantitative estimate of drug-likeness (QED) is 0.254. The van der Waals surface area contributed by atoms with E-state index in [-0.39, 0.29) is 24.3 Å². The third-order valence-electron chi connectivity index (χ3n) is 6.65. The molecule has 1 aliphatic rings. The number of likely N-dealkylation sites (tertiary alicyclic amines) is 1. The summed E-state index contributed by atoms with van der Waals surface area (Å²) < 4.78 is 26.5. The number of nitrogens with zero attached hydrogens (tertiary/aromatic N) is 4. The molecule has 9 nitrogen and oxygen atoms in total. The summed E-state index contributed by atoms with van der Waals surface area (Å²) in [6.45, 7) is 3.39. The average molecular weight is 543 g/mol. The van der Waals surface area contributed by atoms with Crippen molar-refractivity contribution in [3.05, 3.63) is 84.7 Å². The average Bonchev–Trinajstić information content (AvgIpc) is 3.38. The molecule has 0 spiro atoms. The van der Waals surface area contributed by atoms with Gasteiger partial charge in [0, 0.05) is 30.1 Å². The maximum Gasteiger partial charge on any atom is 0.248 e. The second-order valence-corrected chi connectivity index (χ2v) is 9.41. The Balaban J connectivity index is 1.37. The lowest BCUT2D eigenvalue weighted by atomic mass is 10.1. The van der Waals surface area contributed by atoms with Crippen molar-refractivity contribution in [2.75, 3.05) is 30.8 Å². The molecule has 2 aromatic heterocycles. The number of amides is 1. The Labute approximate surface area is 232 Å². The minimum atomic E-state index is -0.531. The minimum absolute atomic E-state index is 0.112. The number of halogens is 1. The number of nitrogens with one attached hydrogen (secondary N) is 2. The number of hydrogen-bond donors (Lipinski definition) is 2. The molecule has 0 bridgehead atoms. The molecule has 1 saturated heterocycles. The van der Waals surface area contributed by atoms with Crippen molar-refractivity contribution in [3.63, 3.8) is 0 Å². The molecule has 206 valence electrons. The number of pyridine rings is 1. The van der Waals surface area contributed by atoms with E-state index in [0.717, 1.165) is 19.4 Å². The lowest BCUT2D eigenvalue weighted by molar-refractivity contribution is -0.112. The van der Waals surface area contributed by atoms with Crippen LogP contribution in [0.4, 0.5) is 21.6 Å². The molecule has 5 rings (SSSR count). The number of carbonyl (C=O) groups excluding carboxylic acids is 1. The molecule has 2 N–H and O–H groups in total. The van der Waals surface area contributed by atoms with Gasteiger partial charge in [0.25, 0.3) is 0 Å². The number of aromatic nitrogens is 3. The molecular weight excluding hydrogens is 511 g/mol. The van der Waals surface area contributed by atoms with E-state index in [1.807, 2.05) is 31.2 Å². The first-order chi connectivity index (χ1) is 19.5. The minimum Gasteiger partial charge on any atom is -0.491 e. The molecule has 1 fully saturated rings. The van der Waals surface area contributed by atoms with Crippen molar-refractivity contribution in [2.45, 2.75) is 32.4 Å². The van der Waals surface area contributed by atoms with Gasteiger partial charge < -0.3 is 20.1 Å². The highest BCUT2D eigenvalue weighted by atomic mass is 19.1. The molecule has 1 amide bonds. The lowest BCUT2D eigenvalue weighted by Crippen LogP contribution is -2.23. The number of likely N-dealkylation sites (N-methyl/N-ethyl adjacent to an activating group) is 1. The fraction of sp³-hybridized carbons (Fsp3) is 0.267. The highest BCUT2D eigenvalue weighted by Gasteiger charge is 2.19. The Morgan fingerprint density at radius 3 is 2.80 bits per heavy atom. The van der Waals surface area contributed by atoms with Crippen molar-refractivity contribution in [1.29, 1.82) is 0 Å². The summed E-state index contributed by atoms with van der Waals surface area (Å²) in [5.41, 5.74) is 2.26. The highest BCUT2D eigenvalue weighted by molar-refractivity contribution is 6.06. The van der Waals surface area contributed by atoms with E-state index in [1.165, 1.54) is 12.4 Å². The van der Waals surface area contributed by atoms with Crippen LogP contribution in [0.5, 0.6) is 11.5 Å². The van der Waals surface area contributed by atoms with Gasteiger partial charge in [-0.15, -0.1) is 0 Å². The van der Waals surface area contributed by atoms with Crippen LogP contribution in [-0.2, 0) is 11.4 Å². The van der Waals surface area contributed by atoms with E-state index < -0.39 is 5.82 Å². The van der Waals surface area contributed by atoms with Crippen LogP contribution in [-0.4, -0.2) is 52.0 Å². The lowest BCUT2D eigenvalue weighted by Gasteiger charge is -2.17. The summed E-state index contributed by atoms with van der Waals surface area (Å²) in [5.74, 6) is 0.167. The van der Waals surface area contributed by atoms with E-state index >= 15 is 0 Å². The SMILES string of the molecule is CCOc1c(NC(=O)/C=C/C2CCCN2C)ccc2ncnc(Nc3ccc(OCc4ccccn4)c(F)c3)c12. The zero-order valence-corrected chi connectivity index (χ0v) is 22.4. The number of anilines is 3. The molecular formula is C30H31FN6O3. The smallest absolute Gasteiger partial charge is 0.248 e. The fourth-order valence-electron chi connectivity index (χ4n) is 4.63. The predicted molar refractivity (Wildman–Crippen MR) is 152 cm³/mol. The molecule has 0 aliphatic carbocycles.